The molecule has 34 heavy (non-hydrogen) atoms. The molecule has 3 aromatic carbocycles. The van der Waals surface area contributed by atoms with Crippen LogP contribution in [0.1, 0.15) is 43.0 Å². The largest absolute Gasteiger partial charge is 0.277 e. The summed E-state index contributed by atoms with van der Waals surface area (Å²) in [5.74, 6) is 5.25. The molecule has 0 bridgehead atoms. The van der Waals surface area contributed by atoms with Gasteiger partial charge in [0, 0.05) is 35.3 Å². The number of imide groups is 1. The maximum Gasteiger partial charge on any atom is 0.277 e. The highest BCUT2D eigenvalue weighted by Crippen LogP contribution is 2.22. The van der Waals surface area contributed by atoms with Crippen LogP contribution in [0.2, 0.25) is 5.02 Å². The Balaban J connectivity index is 1.65. The molecule has 4 aromatic rings. The summed E-state index contributed by atoms with van der Waals surface area (Å²) in [6.07, 6.45) is 1.73. The van der Waals surface area contributed by atoms with Crippen molar-refractivity contribution in [2.75, 3.05) is 7.05 Å². The van der Waals surface area contributed by atoms with Crippen LogP contribution in [0, 0.1) is 25.7 Å². The topological polar surface area (TPSA) is 62.3 Å². The first-order chi connectivity index (χ1) is 16.4. The van der Waals surface area contributed by atoms with Crippen molar-refractivity contribution in [1.29, 1.82) is 0 Å². The number of carbonyl (C=O) groups excluding carboxylic acids is 2. The Labute approximate surface area is 203 Å². The second-order valence-electron chi connectivity index (χ2n) is 7.80. The lowest BCUT2D eigenvalue weighted by molar-refractivity contribution is 0.0546. The first-order valence-corrected chi connectivity index (χ1v) is 11.1. The summed E-state index contributed by atoms with van der Waals surface area (Å²) < 4.78 is 0. The standard InChI is InChI=1S/C28H22ClN3O2/c1-18-11-13-23(27(33)32(30-3)28(34)26-19(2)7-6-9-24(26)29)16-21(18)14-12-20-15-22-8-4-5-10-25(22)31-17-20/h4-11,13,15-17,30H,1-3H3. The molecule has 2 amide bonds. The number of halogens is 1. The highest BCUT2D eigenvalue weighted by atomic mass is 35.5. The van der Waals surface area contributed by atoms with Gasteiger partial charge in [0.1, 0.15) is 0 Å². The van der Waals surface area contributed by atoms with Crippen LogP contribution in [0.25, 0.3) is 10.9 Å². The number of amides is 2. The maximum atomic E-state index is 13.2. The van der Waals surface area contributed by atoms with Gasteiger partial charge in [-0.2, -0.15) is 0 Å². The van der Waals surface area contributed by atoms with Crippen LogP contribution in [0.4, 0.5) is 0 Å². The van der Waals surface area contributed by atoms with Crippen molar-refractivity contribution in [2.45, 2.75) is 13.8 Å². The maximum absolute atomic E-state index is 13.2. The Morgan fingerprint density at radius 1 is 0.912 bits per heavy atom. The number of benzene rings is 3. The number of hydrogen-bond donors (Lipinski definition) is 1. The van der Waals surface area contributed by atoms with E-state index in [1.165, 1.54) is 7.05 Å². The smallest absolute Gasteiger partial charge is 0.267 e. The molecule has 0 unspecified atom stereocenters. The number of nitrogens with zero attached hydrogens (tertiary/aromatic N) is 2. The van der Waals surface area contributed by atoms with Crippen molar-refractivity contribution >= 4 is 34.3 Å². The van der Waals surface area contributed by atoms with Crippen molar-refractivity contribution in [3.05, 3.63) is 111 Å². The van der Waals surface area contributed by atoms with Crippen LogP contribution in [0.15, 0.2) is 72.9 Å². The Bertz CT molecular complexity index is 1460. The average molecular weight is 468 g/mol. The molecule has 5 nitrogen and oxygen atoms in total. The second kappa shape index (κ2) is 9.88. The third kappa shape index (κ3) is 4.69. The lowest BCUT2D eigenvalue weighted by Gasteiger charge is -2.21. The predicted octanol–water partition coefficient (Wildman–Crippen LogP) is 5.32. The van der Waals surface area contributed by atoms with Gasteiger partial charge in [0.05, 0.1) is 16.1 Å². The number of hydrogen-bond acceptors (Lipinski definition) is 4. The molecule has 0 aliphatic rings. The Morgan fingerprint density at radius 3 is 2.47 bits per heavy atom. The monoisotopic (exact) mass is 467 g/mol. The quantitative estimate of drug-likeness (QED) is 0.251. The zero-order valence-electron chi connectivity index (χ0n) is 19.0. The van der Waals surface area contributed by atoms with Gasteiger partial charge in [-0.05, 0) is 55.3 Å². The van der Waals surface area contributed by atoms with Crippen LogP contribution >= 0.6 is 11.6 Å². The van der Waals surface area contributed by atoms with Crippen molar-refractivity contribution in [2.24, 2.45) is 0 Å². The van der Waals surface area contributed by atoms with Crippen LogP contribution in [0.3, 0.4) is 0 Å². The number of fused-ring (bicyclic) bond motifs is 1. The molecule has 0 saturated heterocycles. The molecular weight excluding hydrogens is 446 g/mol. The molecule has 168 valence electrons. The van der Waals surface area contributed by atoms with E-state index in [4.69, 9.17) is 11.6 Å². The number of aromatic nitrogens is 1. The van der Waals surface area contributed by atoms with Gasteiger partial charge in [-0.3, -0.25) is 14.6 Å². The number of para-hydroxylation sites is 1. The van der Waals surface area contributed by atoms with E-state index in [0.717, 1.165) is 27.0 Å². The van der Waals surface area contributed by atoms with Gasteiger partial charge in [0.25, 0.3) is 11.8 Å². The summed E-state index contributed by atoms with van der Waals surface area (Å²) in [5, 5.41) is 2.26. The number of carbonyl (C=O) groups is 2. The van der Waals surface area contributed by atoms with E-state index in [2.05, 4.69) is 22.3 Å². The van der Waals surface area contributed by atoms with Gasteiger partial charge in [0.2, 0.25) is 0 Å². The van der Waals surface area contributed by atoms with Crippen LogP contribution < -0.4 is 5.43 Å². The van der Waals surface area contributed by atoms with E-state index in [0.29, 0.717) is 16.7 Å². The molecule has 0 saturated carbocycles. The van der Waals surface area contributed by atoms with Gasteiger partial charge in [-0.15, -0.1) is 0 Å². The molecule has 0 radical (unpaired) electrons. The van der Waals surface area contributed by atoms with Crippen molar-refractivity contribution < 1.29 is 9.59 Å². The Morgan fingerprint density at radius 2 is 1.71 bits per heavy atom. The number of nitrogens with one attached hydrogen (secondary N) is 1. The molecule has 6 heteroatoms. The zero-order chi connectivity index (χ0) is 24.2. The Kier molecular flexibility index (Phi) is 6.74. The molecule has 0 spiro atoms. The molecular formula is C28H22ClN3O2. The molecule has 1 aromatic heterocycles. The summed E-state index contributed by atoms with van der Waals surface area (Å²) in [4.78, 5) is 30.8. The van der Waals surface area contributed by atoms with E-state index in [1.54, 1.807) is 43.5 Å². The normalized spacial score (nSPS) is 10.5. The molecule has 0 fully saturated rings. The third-order valence-corrected chi connectivity index (χ3v) is 5.80. The SMILES string of the molecule is CNN(C(=O)c1ccc(C)c(C#Cc2cnc3ccccc3c2)c1)C(=O)c1c(C)cccc1Cl. The summed E-state index contributed by atoms with van der Waals surface area (Å²) in [7, 11) is 1.52. The van der Waals surface area contributed by atoms with E-state index in [-0.39, 0.29) is 10.6 Å². The first-order valence-electron chi connectivity index (χ1n) is 10.7. The third-order valence-electron chi connectivity index (χ3n) is 5.48. The number of rotatable bonds is 3. The van der Waals surface area contributed by atoms with Gasteiger partial charge < -0.3 is 0 Å². The molecule has 0 aliphatic carbocycles. The Hall–Kier alpha value is -3.98. The summed E-state index contributed by atoms with van der Waals surface area (Å²) >= 11 is 6.25. The van der Waals surface area contributed by atoms with Gasteiger partial charge in [0.15, 0.2) is 0 Å². The van der Waals surface area contributed by atoms with Gasteiger partial charge >= 0.3 is 0 Å². The zero-order valence-corrected chi connectivity index (χ0v) is 19.8. The summed E-state index contributed by atoms with van der Waals surface area (Å²) in [5.41, 5.74) is 7.28. The van der Waals surface area contributed by atoms with Crippen molar-refractivity contribution in [3.63, 3.8) is 0 Å². The second-order valence-corrected chi connectivity index (χ2v) is 8.20. The van der Waals surface area contributed by atoms with E-state index >= 15 is 0 Å². The lowest BCUT2D eigenvalue weighted by atomic mass is 10.0. The average Bonchev–Trinajstić information content (AvgIpc) is 2.83. The minimum atomic E-state index is -0.522. The van der Waals surface area contributed by atoms with Crippen LogP contribution in [0.5, 0.6) is 0 Å². The van der Waals surface area contributed by atoms with Crippen molar-refractivity contribution in [3.8, 4) is 11.8 Å². The number of pyridine rings is 1. The van der Waals surface area contributed by atoms with E-state index in [9.17, 15) is 9.59 Å². The fourth-order valence-corrected chi connectivity index (χ4v) is 3.91. The molecule has 0 atom stereocenters. The fraction of sp³-hybridized carbons (Fsp3) is 0.107. The first kappa shape index (κ1) is 23.2. The molecule has 4 rings (SSSR count). The van der Waals surface area contributed by atoms with Gasteiger partial charge in [-0.1, -0.05) is 59.8 Å². The summed E-state index contributed by atoms with van der Waals surface area (Å²) in [6, 6.07) is 20.2. The lowest BCUT2D eigenvalue weighted by Crippen LogP contribution is -2.45. The fourth-order valence-electron chi connectivity index (χ4n) is 3.61. The number of aryl methyl sites for hydroxylation is 2. The molecule has 1 heterocycles. The van der Waals surface area contributed by atoms with Gasteiger partial charge in [-0.25, -0.2) is 10.4 Å². The highest BCUT2D eigenvalue weighted by Gasteiger charge is 2.26. The minimum absolute atomic E-state index is 0.280. The van der Waals surface area contributed by atoms with Crippen molar-refractivity contribution in [1.82, 2.24) is 15.4 Å². The van der Waals surface area contributed by atoms with E-state index in [1.807, 2.05) is 43.3 Å². The van der Waals surface area contributed by atoms with Crippen LogP contribution in [-0.2, 0) is 0 Å². The highest BCUT2D eigenvalue weighted by molar-refractivity contribution is 6.34. The molecule has 1 N–H and O–H groups in total. The van der Waals surface area contributed by atoms with E-state index < -0.39 is 11.8 Å². The number of hydrazine groups is 1. The minimum Gasteiger partial charge on any atom is -0.267 e. The predicted molar refractivity (Wildman–Crippen MR) is 135 cm³/mol. The summed E-state index contributed by atoms with van der Waals surface area (Å²) in [6.45, 7) is 3.70. The van der Waals surface area contributed by atoms with Crippen LogP contribution in [-0.4, -0.2) is 28.9 Å². The molecule has 0 aliphatic heterocycles.